The highest BCUT2D eigenvalue weighted by Gasteiger charge is 2.17. The number of hydrogen-bond acceptors (Lipinski definition) is 5. The Hall–Kier alpha value is -2.02. The zero-order chi connectivity index (χ0) is 14.9. The first kappa shape index (κ1) is 14.4. The van der Waals surface area contributed by atoms with Gasteiger partial charge in [0, 0.05) is 32.4 Å². The van der Waals surface area contributed by atoms with Crippen molar-refractivity contribution in [3.05, 3.63) is 34.8 Å². The number of thiocarbonyl (C=S) groups is 1. The van der Waals surface area contributed by atoms with Crippen LogP contribution in [0.2, 0.25) is 0 Å². The molecule has 0 aliphatic rings. The van der Waals surface area contributed by atoms with Crippen LogP contribution in [-0.2, 0) is 13.6 Å². The SMILES string of the molecule is Cc1nnc(N(C)Cc2cnn(C)c2)c(C(N)=S)c1C. The number of rotatable bonds is 4. The van der Waals surface area contributed by atoms with Crippen molar-refractivity contribution in [3.8, 4) is 0 Å². The molecule has 0 aliphatic carbocycles. The fourth-order valence-electron chi connectivity index (χ4n) is 2.06. The van der Waals surface area contributed by atoms with Gasteiger partial charge in [-0.15, -0.1) is 5.10 Å². The summed E-state index contributed by atoms with van der Waals surface area (Å²) in [6, 6.07) is 0. The Bertz CT molecular complexity index is 648. The number of nitrogens with two attached hydrogens (primary N) is 1. The molecule has 20 heavy (non-hydrogen) atoms. The first-order valence-electron chi connectivity index (χ1n) is 6.22. The third-order valence-electron chi connectivity index (χ3n) is 3.22. The van der Waals surface area contributed by atoms with E-state index in [-0.39, 0.29) is 0 Å². The monoisotopic (exact) mass is 290 g/mol. The van der Waals surface area contributed by atoms with Crippen molar-refractivity contribution in [3.63, 3.8) is 0 Å². The summed E-state index contributed by atoms with van der Waals surface area (Å²) in [5.74, 6) is 0.699. The van der Waals surface area contributed by atoms with E-state index in [2.05, 4.69) is 15.3 Å². The van der Waals surface area contributed by atoms with Crippen LogP contribution in [0.1, 0.15) is 22.4 Å². The number of aromatic nitrogens is 4. The molecule has 0 spiro atoms. The van der Waals surface area contributed by atoms with Gasteiger partial charge in [-0.05, 0) is 19.4 Å². The maximum atomic E-state index is 5.84. The highest BCUT2D eigenvalue weighted by atomic mass is 32.1. The molecular formula is C13H18N6S. The van der Waals surface area contributed by atoms with Gasteiger partial charge in [-0.25, -0.2) is 0 Å². The van der Waals surface area contributed by atoms with Gasteiger partial charge < -0.3 is 10.6 Å². The van der Waals surface area contributed by atoms with Crippen LogP contribution in [0.3, 0.4) is 0 Å². The highest BCUT2D eigenvalue weighted by molar-refractivity contribution is 7.80. The van der Waals surface area contributed by atoms with Crippen molar-refractivity contribution >= 4 is 23.0 Å². The second kappa shape index (κ2) is 5.54. The molecule has 2 aromatic heterocycles. The van der Waals surface area contributed by atoms with Crippen molar-refractivity contribution in [2.45, 2.75) is 20.4 Å². The normalized spacial score (nSPS) is 10.6. The fourth-order valence-corrected chi connectivity index (χ4v) is 2.30. The van der Waals surface area contributed by atoms with E-state index in [1.807, 2.05) is 45.2 Å². The molecule has 0 saturated heterocycles. The molecule has 0 aliphatic heterocycles. The Balaban J connectivity index is 2.36. The standard InChI is InChI=1S/C13H18N6S/c1-8-9(2)16-17-13(11(8)12(14)20)18(3)6-10-5-15-19(4)7-10/h5,7H,6H2,1-4H3,(H2,14,20). The van der Waals surface area contributed by atoms with Gasteiger partial charge in [0.25, 0.3) is 0 Å². The Morgan fingerprint density at radius 1 is 1.40 bits per heavy atom. The third-order valence-corrected chi connectivity index (χ3v) is 3.43. The molecule has 6 nitrogen and oxygen atoms in total. The summed E-state index contributed by atoms with van der Waals surface area (Å²) in [5.41, 5.74) is 9.53. The maximum absolute atomic E-state index is 5.84. The Kier molecular flexibility index (Phi) is 3.99. The molecule has 0 saturated carbocycles. The van der Waals surface area contributed by atoms with E-state index < -0.39 is 0 Å². The zero-order valence-electron chi connectivity index (χ0n) is 12.1. The van der Waals surface area contributed by atoms with E-state index in [4.69, 9.17) is 18.0 Å². The van der Waals surface area contributed by atoms with Crippen LogP contribution in [0.25, 0.3) is 0 Å². The Morgan fingerprint density at radius 3 is 2.65 bits per heavy atom. The van der Waals surface area contributed by atoms with Gasteiger partial charge >= 0.3 is 0 Å². The second-order valence-electron chi connectivity index (χ2n) is 4.85. The quantitative estimate of drug-likeness (QED) is 0.850. The van der Waals surface area contributed by atoms with Crippen molar-refractivity contribution in [2.75, 3.05) is 11.9 Å². The molecule has 0 radical (unpaired) electrons. The first-order chi connectivity index (χ1) is 9.40. The Labute approximate surface area is 123 Å². The van der Waals surface area contributed by atoms with Crippen LogP contribution in [0, 0.1) is 13.8 Å². The lowest BCUT2D eigenvalue weighted by Crippen LogP contribution is -2.24. The average molecular weight is 290 g/mol. The summed E-state index contributed by atoms with van der Waals surface area (Å²) in [7, 11) is 3.83. The van der Waals surface area contributed by atoms with Crippen molar-refractivity contribution < 1.29 is 0 Å². The minimum atomic E-state index is 0.341. The number of anilines is 1. The van der Waals surface area contributed by atoms with Crippen LogP contribution >= 0.6 is 12.2 Å². The highest BCUT2D eigenvalue weighted by Crippen LogP contribution is 2.22. The molecule has 0 amide bonds. The maximum Gasteiger partial charge on any atom is 0.161 e. The number of nitrogens with zero attached hydrogens (tertiary/aromatic N) is 5. The van der Waals surface area contributed by atoms with Crippen LogP contribution in [0.15, 0.2) is 12.4 Å². The molecule has 0 bridgehead atoms. The van der Waals surface area contributed by atoms with Crippen LogP contribution in [0.5, 0.6) is 0 Å². The zero-order valence-corrected chi connectivity index (χ0v) is 12.9. The fraction of sp³-hybridized carbons (Fsp3) is 0.385. The van der Waals surface area contributed by atoms with Gasteiger partial charge in [0.1, 0.15) is 4.99 Å². The van der Waals surface area contributed by atoms with Gasteiger partial charge in [-0.3, -0.25) is 4.68 Å². The molecule has 2 rings (SSSR count). The smallest absolute Gasteiger partial charge is 0.161 e. The predicted octanol–water partition coefficient (Wildman–Crippen LogP) is 1.10. The second-order valence-corrected chi connectivity index (χ2v) is 5.29. The molecule has 106 valence electrons. The largest absolute Gasteiger partial charge is 0.389 e. The van der Waals surface area contributed by atoms with Crippen LogP contribution in [0.4, 0.5) is 5.82 Å². The summed E-state index contributed by atoms with van der Waals surface area (Å²) in [6.45, 7) is 4.52. The summed E-state index contributed by atoms with van der Waals surface area (Å²) in [5, 5.41) is 12.6. The van der Waals surface area contributed by atoms with E-state index >= 15 is 0 Å². The molecular weight excluding hydrogens is 272 g/mol. The third kappa shape index (κ3) is 2.77. The lowest BCUT2D eigenvalue weighted by Gasteiger charge is -2.21. The predicted molar refractivity (Wildman–Crippen MR) is 82.7 cm³/mol. The first-order valence-corrected chi connectivity index (χ1v) is 6.63. The molecule has 0 aromatic carbocycles. The number of aryl methyl sites for hydroxylation is 2. The van der Waals surface area contributed by atoms with Crippen molar-refractivity contribution in [1.29, 1.82) is 0 Å². The number of hydrogen-bond donors (Lipinski definition) is 1. The van der Waals surface area contributed by atoms with Gasteiger partial charge in [-0.1, -0.05) is 12.2 Å². The molecule has 0 unspecified atom stereocenters. The van der Waals surface area contributed by atoms with Gasteiger partial charge in [0.05, 0.1) is 17.5 Å². The van der Waals surface area contributed by atoms with E-state index in [1.165, 1.54) is 0 Å². The van der Waals surface area contributed by atoms with E-state index in [1.54, 1.807) is 4.68 Å². The lowest BCUT2D eigenvalue weighted by atomic mass is 10.1. The molecule has 2 heterocycles. The van der Waals surface area contributed by atoms with Crippen molar-refractivity contribution in [2.24, 2.45) is 12.8 Å². The summed E-state index contributed by atoms with van der Waals surface area (Å²) >= 11 is 5.15. The van der Waals surface area contributed by atoms with Gasteiger partial charge in [0.2, 0.25) is 0 Å². The van der Waals surface area contributed by atoms with Gasteiger partial charge in [-0.2, -0.15) is 10.2 Å². The summed E-state index contributed by atoms with van der Waals surface area (Å²) in [6.07, 6.45) is 3.79. The molecule has 0 fully saturated rings. The Morgan fingerprint density at radius 2 is 2.10 bits per heavy atom. The summed E-state index contributed by atoms with van der Waals surface area (Å²) in [4.78, 5) is 2.32. The average Bonchev–Trinajstić information content (AvgIpc) is 2.77. The van der Waals surface area contributed by atoms with Gasteiger partial charge in [0.15, 0.2) is 5.82 Å². The molecule has 7 heteroatoms. The van der Waals surface area contributed by atoms with E-state index in [9.17, 15) is 0 Å². The molecule has 2 aromatic rings. The van der Waals surface area contributed by atoms with E-state index in [0.717, 1.165) is 22.4 Å². The topological polar surface area (TPSA) is 72.9 Å². The van der Waals surface area contributed by atoms with E-state index in [0.29, 0.717) is 17.4 Å². The minimum absolute atomic E-state index is 0.341. The lowest BCUT2D eigenvalue weighted by molar-refractivity contribution is 0.766. The van der Waals surface area contributed by atoms with Crippen molar-refractivity contribution in [1.82, 2.24) is 20.0 Å². The minimum Gasteiger partial charge on any atom is -0.389 e. The summed E-state index contributed by atoms with van der Waals surface area (Å²) < 4.78 is 1.77. The van der Waals surface area contributed by atoms with Crippen LogP contribution < -0.4 is 10.6 Å². The van der Waals surface area contributed by atoms with Crippen LogP contribution in [-0.4, -0.2) is 32.0 Å². The molecule has 0 atom stereocenters. The molecule has 2 N–H and O–H groups in total.